The van der Waals surface area contributed by atoms with Crippen molar-refractivity contribution in [1.29, 1.82) is 0 Å². The van der Waals surface area contributed by atoms with Gasteiger partial charge in [0.1, 0.15) is 0 Å². The van der Waals surface area contributed by atoms with Gasteiger partial charge in [0, 0.05) is 19.0 Å². The predicted octanol–water partition coefficient (Wildman–Crippen LogP) is 3.46. The number of nitrogens with zero attached hydrogens (tertiary/aromatic N) is 1. The zero-order chi connectivity index (χ0) is 11.7. The number of carbonyl (C=O) groups excluding carboxylic acids is 1. The van der Waals surface area contributed by atoms with Gasteiger partial charge < -0.3 is 4.90 Å². The molecule has 0 aliphatic rings. The van der Waals surface area contributed by atoms with Gasteiger partial charge in [0.2, 0.25) is 5.91 Å². The van der Waals surface area contributed by atoms with Gasteiger partial charge in [-0.2, -0.15) is 0 Å². The molecule has 0 aliphatic carbocycles. The van der Waals surface area contributed by atoms with Gasteiger partial charge in [-0.25, -0.2) is 0 Å². The van der Waals surface area contributed by atoms with Crippen LogP contribution in [0.1, 0.15) is 59.8 Å². The second-order valence-electron chi connectivity index (χ2n) is 4.54. The van der Waals surface area contributed by atoms with Crippen LogP contribution >= 0.6 is 0 Å². The molecule has 90 valence electrons. The summed E-state index contributed by atoms with van der Waals surface area (Å²) in [6.45, 7) is 10.2. The fourth-order valence-corrected chi connectivity index (χ4v) is 1.60. The molecule has 0 atom stereocenters. The molecule has 0 saturated heterocycles. The van der Waals surface area contributed by atoms with E-state index in [1.165, 1.54) is 12.8 Å². The summed E-state index contributed by atoms with van der Waals surface area (Å²) in [6.07, 6.45) is 5.89. The molecule has 0 spiro atoms. The molecule has 0 fully saturated rings. The van der Waals surface area contributed by atoms with E-state index >= 15 is 0 Å². The van der Waals surface area contributed by atoms with Crippen molar-refractivity contribution in [2.45, 2.75) is 59.8 Å². The van der Waals surface area contributed by atoms with Crippen molar-refractivity contribution in [1.82, 2.24) is 4.90 Å². The molecule has 0 aromatic heterocycles. The van der Waals surface area contributed by atoms with E-state index in [1.807, 2.05) is 18.7 Å². The van der Waals surface area contributed by atoms with Crippen LogP contribution in [0.5, 0.6) is 0 Å². The molecule has 15 heavy (non-hydrogen) atoms. The van der Waals surface area contributed by atoms with E-state index in [4.69, 9.17) is 0 Å². The SMILES string of the molecule is CCCCCN(CCCC)C(=O)C(C)C. The van der Waals surface area contributed by atoms with Crippen molar-refractivity contribution in [3.63, 3.8) is 0 Å². The van der Waals surface area contributed by atoms with E-state index in [0.717, 1.165) is 32.4 Å². The first kappa shape index (κ1) is 14.5. The third-order valence-corrected chi connectivity index (χ3v) is 2.62. The van der Waals surface area contributed by atoms with Crippen LogP contribution in [0.2, 0.25) is 0 Å². The smallest absolute Gasteiger partial charge is 0.225 e. The molecule has 0 bridgehead atoms. The van der Waals surface area contributed by atoms with Crippen LogP contribution in [0, 0.1) is 5.92 Å². The molecule has 0 N–H and O–H groups in total. The Morgan fingerprint density at radius 1 is 1.00 bits per heavy atom. The van der Waals surface area contributed by atoms with Gasteiger partial charge in [-0.05, 0) is 12.8 Å². The molecule has 1 amide bonds. The summed E-state index contributed by atoms with van der Waals surface area (Å²) >= 11 is 0. The van der Waals surface area contributed by atoms with Crippen LogP contribution in [0.15, 0.2) is 0 Å². The largest absolute Gasteiger partial charge is 0.342 e. The molecular weight excluding hydrogens is 186 g/mol. The maximum absolute atomic E-state index is 11.9. The third kappa shape index (κ3) is 6.53. The van der Waals surface area contributed by atoms with E-state index in [0.29, 0.717) is 5.91 Å². The predicted molar refractivity (Wildman–Crippen MR) is 65.9 cm³/mol. The lowest BCUT2D eigenvalue weighted by atomic mass is 10.1. The lowest BCUT2D eigenvalue weighted by molar-refractivity contribution is -0.134. The normalized spacial score (nSPS) is 10.7. The van der Waals surface area contributed by atoms with Gasteiger partial charge in [0.15, 0.2) is 0 Å². The molecule has 2 heteroatoms. The average Bonchev–Trinajstić information content (AvgIpc) is 2.22. The number of hydrogen-bond donors (Lipinski definition) is 0. The summed E-state index contributed by atoms with van der Waals surface area (Å²) in [7, 11) is 0. The van der Waals surface area contributed by atoms with E-state index in [2.05, 4.69) is 13.8 Å². The second kappa shape index (κ2) is 8.75. The molecule has 0 rings (SSSR count). The Labute approximate surface area is 95.0 Å². The highest BCUT2D eigenvalue weighted by Gasteiger charge is 2.15. The molecule has 0 aromatic carbocycles. The number of amides is 1. The van der Waals surface area contributed by atoms with E-state index < -0.39 is 0 Å². The first-order valence-electron chi connectivity index (χ1n) is 6.42. The summed E-state index contributed by atoms with van der Waals surface area (Å²) in [6, 6.07) is 0. The Morgan fingerprint density at radius 3 is 2.00 bits per heavy atom. The topological polar surface area (TPSA) is 20.3 Å². The van der Waals surface area contributed by atoms with Crippen LogP contribution in [0.3, 0.4) is 0 Å². The Balaban J connectivity index is 3.99. The zero-order valence-electron chi connectivity index (χ0n) is 10.9. The quantitative estimate of drug-likeness (QED) is 0.565. The molecule has 0 saturated carbocycles. The van der Waals surface area contributed by atoms with Gasteiger partial charge >= 0.3 is 0 Å². The molecule has 0 heterocycles. The van der Waals surface area contributed by atoms with Crippen LogP contribution < -0.4 is 0 Å². The standard InChI is InChI=1S/C13H27NO/c1-5-7-9-11-14(10-8-6-2)13(15)12(3)4/h12H,5-11H2,1-4H3. The highest BCUT2D eigenvalue weighted by molar-refractivity contribution is 5.78. The Kier molecular flexibility index (Phi) is 8.44. The number of unbranched alkanes of at least 4 members (excludes halogenated alkanes) is 3. The second-order valence-corrected chi connectivity index (χ2v) is 4.54. The highest BCUT2D eigenvalue weighted by atomic mass is 16.2. The summed E-state index contributed by atoms with van der Waals surface area (Å²) in [5.41, 5.74) is 0. The van der Waals surface area contributed by atoms with Crippen LogP contribution in [0.25, 0.3) is 0 Å². The minimum Gasteiger partial charge on any atom is -0.342 e. The molecule has 0 aliphatic heterocycles. The van der Waals surface area contributed by atoms with E-state index in [9.17, 15) is 4.79 Å². The number of carbonyl (C=O) groups is 1. The fraction of sp³-hybridized carbons (Fsp3) is 0.923. The van der Waals surface area contributed by atoms with Gasteiger partial charge in [0.25, 0.3) is 0 Å². The lowest BCUT2D eigenvalue weighted by Gasteiger charge is -2.24. The van der Waals surface area contributed by atoms with Crippen LogP contribution in [-0.4, -0.2) is 23.9 Å². The van der Waals surface area contributed by atoms with Crippen molar-refractivity contribution in [2.75, 3.05) is 13.1 Å². The van der Waals surface area contributed by atoms with Gasteiger partial charge in [-0.1, -0.05) is 47.0 Å². The van der Waals surface area contributed by atoms with Crippen LogP contribution in [-0.2, 0) is 4.79 Å². The highest BCUT2D eigenvalue weighted by Crippen LogP contribution is 2.06. The maximum atomic E-state index is 11.9. The zero-order valence-corrected chi connectivity index (χ0v) is 10.9. The van der Waals surface area contributed by atoms with Crippen molar-refractivity contribution < 1.29 is 4.79 Å². The molecular formula is C13H27NO. The minimum absolute atomic E-state index is 0.142. The molecule has 0 aromatic rings. The fourth-order valence-electron chi connectivity index (χ4n) is 1.60. The molecule has 0 unspecified atom stereocenters. The summed E-state index contributed by atoms with van der Waals surface area (Å²) in [4.78, 5) is 13.9. The molecule has 2 nitrogen and oxygen atoms in total. The van der Waals surface area contributed by atoms with Crippen LogP contribution in [0.4, 0.5) is 0 Å². The van der Waals surface area contributed by atoms with Crippen molar-refractivity contribution in [3.05, 3.63) is 0 Å². The van der Waals surface area contributed by atoms with Gasteiger partial charge in [-0.15, -0.1) is 0 Å². The van der Waals surface area contributed by atoms with Crippen molar-refractivity contribution >= 4 is 5.91 Å². The Morgan fingerprint density at radius 2 is 1.53 bits per heavy atom. The minimum atomic E-state index is 0.142. The van der Waals surface area contributed by atoms with Gasteiger partial charge in [-0.3, -0.25) is 4.79 Å². The summed E-state index contributed by atoms with van der Waals surface area (Å²) in [5.74, 6) is 0.461. The van der Waals surface area contributed by atoms with E-state index in [1.54, 1.807) is 0 Å². The first-order valence-corrected chi connectivity index (χ1v) is 6.42. The number of hydrogen-bond acceptors (Lipinski definition) is 1. The maximum Gasteiger partial charge on any atom is 0.225 e. The summed E-state index contributed by atoms with van der Waals surface area (Å²) < 4.78 is 0. The first-order chi connectivity index (χ1) is 7.13. The van der Waals surface area contributed by atoms with Gasteiger partial charge in [0.05, 0.1) is 0 Å². The number of rotatable bonds is 8. The Hall–Kier alpha value is -0.530. The molecule has 0 radical (unpaired) electrons. The Bertz CT molecular complexity index is 166. The van der Waals surface area contributed by atoms with Crippen molar-refractivity contribution in [2.24, 2.45) is 5.92 Å². The lowest BCUT2D eigenvalue weighted by Crippen LogP contribution is -2.35. The average molecular weight is 213 g/mol. The summed E-state index contributed by atoms with van der Waals surface area (Å²) in [5, 5.41) is 0. The van der Waals surface area contributed by atoms with Crippen molar-refractivity contribution in [3.8, 4) is 0 Å². The third-order valence-electron chi connectivity index (χ3n) is 2.62. The monoisotopic (exact) mass is 213 g/mol. The van der Waals surface area contributed by atoms with E-state index in [-0.39, 0.29) is 5.92 Å².